The van der Waals surface area contributed by atoms with Crippen molar-refractivity contribution < 1.29 is 13.2 Å². The molecule has 0 spiro atoms. The molecule has 0 aromatic heterocycles. The molecule has 0 saturated carbocycles. The van der Waals surface area contributed by atoms with E-state index in [2.05, 4.69) is 15.9 Å². The summed E-state index contributed by atoms with van der Waals surface area (Å²) in [7, 11) is -3.63. The van der Waals surface area contributed by atoms with Gasteiger partial charge in [-0.3, -0.25) is 4.79 Å². The Morgan fingerprint density at radius 2 is 1.71 bits per heavy atom. The summed E-state index contributed by atoms with van der Waals surface area (Å²) in [4.78, 5) is 13.4. The molecule has 1 amide bonds. The Morgan fingerprint density at radius 1 is 1.24 bits per heavy atom. The van der Waals surface area contributed by atoms with Gasteiger partial charge in [-0.05, 0) is 5.92 Å². The molecule has 17 heavy (non-hydrogen) atoms. The molecular weight excluding hydrogens is 310 g/mol. The number of amides is 1. The predicted molar refractivity (Wildman–Crippen MR) is 68.8 cm³/mol. The lowest BCUT2D eigenvalue weighted by Crippen LogP contribution is -2.53. The lowest BCUT2D eigenvalue weighted by atomic mass is 10.1. The first-order valence-corrected chi connectivity index (χ1v) is 7.86. The highest BCUT2D eigenvalue weighted by Gasteiger charge is 2.30. The van der Waals surface area contributed by atoms with Crippen LogP contribution in [0.1, 0.15) is 13.8 Å². The number of hydrogen-bond acceptors (Lipinski definition) is 3. The Labute approximate surface area is 110 Å². The second kappa shape index (κ2) is 5.64. The molecule has 100 valence electrons. The van der Waals surface area contributed by atoms with Crippen LogP contribution in [0.15, 0.2) is 0 Å². The van der Waals surface area contributed by atoms with Crippen molar-refractivity contribution in [3.8, 4) is 0 Å². The zero-order valence-electron chi connectivity index (χ0n) is 9.97. The summed E-state index contributed by atoms with van der Waals surface area (Å²) in [6.07, 6.45) is 0. The third kappa shape index (κ3) is 3.90. The maximum absolute atomic E-state index is 12.0. The molecule has 6 nitrogen and oxygen atoms in total. The first kappa shape index (κ1) is 14.9. The largest absolute Gasteiger partial charge is 0.339 e. The number of carbonyl (C=O) groups excluding carboxylic acids is 1. The van der Waals surface area contributed by atoms with E-state index in [1.807, 2.05) is 13.8 Å². The summed E-state index contributed by atoms with van der Waals surface area (Å²) < 4.78 is 23.4. The van der Waals surface area contributed by atoms with Crippen LogP contribution >= 0.6 is 15.9 Å². The van der Waals surface area contributed by atoms with Gasteiger partial charge in [-0.15, -0.1) is 0 Å². The van der Waals surface area contributed by atoms with Gasteiger partial charge < -0.3 is 4.90 Å². The van der Waals surface area contributed by atoms with Crippen molar-refractivity contribution in [2.75, 3.05) is 26.2 Å². The lowest BCUT2D eigenvalue weighted by molar-refractivity contribution is -0.132. The molecule has 1 atom stereocenters. The zero-order chi connectivity index (χ0) is 13.2. The average Bonchev–Trinajstić information content (AvgIpc) is 2.26. The van der Waals surface area contributed by atoms with Crippen LogP contribution in [0.4, 0.5) is 0 Å². The van der Waals surface area contributed by atoms with Crippen molar-refractivity contribution in [3.05, 3.63) is 0 Å². The van der Waals surface area contributed by atoms with E-state index >= 15 is 0 Å². The van der Waals surface area contributed by atoms with E-state index in [4.69, 9.17) is 5.14 Å². The number of carbonyl (C=O) groups is 1. The molecule has 1 fully saturated rings. The lowest BCUT2D eigenvalue weighted by Gasteiger charge is -2.34. The Bertz CT molecular complexity index is 377. The average molecular weight is 328 g/mol. The Kier molecular flexibility index (Phi) is 4.94. The maximum Gasteiger partial charge on any atom is 0.277 e. The van der Waals surface area contributed by atoms with E-state index in [9.17, 15) is 13.2 Å². The minimum absolute atomic E-state index is 0.00840. The van der Waals surface area contributed by atoms with Crippen molar-refractivity contribution in [1.29, 1.82) is 0 Å². The van der Waals surface area contributed by atoms with Crippen LogP contribution in [0.25, 0.3) is 0 Å². The summed E-state index contributed by atoms with van der Waals surface area (Å²) in [5.41, 5.74) is 0. The first-order valence-electron chi connectivity index (χ1n) is 5.44. The van der Waals surface area contributed by atoms with Gasteiger partial charge in [-0.25, -0.2) is 5.14 Å². The van der Waals surface area contributed by atoms with E-state index in [1.165, 1.54) is 4.31 Å². The van der Waals surface area contributed by atoms with Gasteiger partial charge in [0.05, 0.1) is 4.83 Å². The van der Waals surface area contributed by atoms with E-state index in [-0.39, 0.29) is 29.7 Å². The van der Waals surface area contributed by atoms with Gasteiger partial charge in [0.1, 0.15) is 0 Å². The molecule has 0 aliphatic carbocycles. The first-order chi connectivity index (χ1) is 7.73. The molecule has 0 aromatic rings. The molecule has 1 rings (SSSR count). The van der Waals surface area contributed by atoms with Crippen molar-refractivity contribution in [1.82, 2.24) is 9.21 Å². The number of halogens is 1. The Balaban J connectivity index is 2.56. The summed E-state index contributed by atoms with van der Waals surface area (Å²) in [5.74, 6) is 0.216. The van der Waals surface area contributed by atoms with Crippen LogP contribution in [-0.4, -0.2) is 54.5 Å². The third-order valence-corrected chi connectivity index (χ3v) is 5.27. The predicted octanol–water partition coefficient (Wildman–Crippen LogP) is -0.246. The van der Waals surface area contributed by atoms with Gasteiger partial charge in [0.2, 0.25) is 5.91 Å². The summed E-state index contributed by atoms with van der Waals surface area (Å²) in [6, 6.07) is 0. The minimum Gasteiger partial charge on any atom is -0.339 e. The molecule has 1 saturated heterocycles. The van der Waals surface area contributed by atoms with Gasteiger partial charge in [-0.1, -0.05) is 29.8 Å². The van der Waals surface area contributed by atoms with E-state index in [0.29, 0.717) is 13.1 Å². The van der Waals surface area contributed by atoms with Crippen LogP contribution in [0.5, 0.6) is 0 Å². The number of alkyl halides is 1. The van der Waals surface area contributed by atoms with Crippen LogP contribution in [0.2, 0.25) is 0 Å². The maximum atomic E-state index is 12.0. The monoisotopic (exact) mass is 327 g/mol. The summed E-state index contributed by atoms with van der Waals surface area (Å²) in [5, 5.41) is 5.03. The summed E-state index contributed by atoms with van der Waals surface area (Å²) in [6.45, 7) is 5.23. The smallest absolute Gasteiger partial charge is 0.277 e. The highest BCUT2D eigenvalue weighted by atomic mass is 79.9. The minimum atomic E-state index is -3.63. The molecule has 0 bridgehead atoms. The second-order valence-electron chi connectivity index (χ2n) is 4.42. The number of nitrogens with two attached hydrogens (primary N) is 1. The van der Waals surface area contributed by atoms with Crippen LogP contribution in [-0.2, 0) is 15.0 Å². The fourth-order valence-electron chi connectivity index (χ4n) is 1.62. The van der Waals surface area contributed by atoms with Gasteiger partial charge in [0.15, 0.2) is 0 Å². The van der Waals surface area contributed by atoms with E-state index in [0.717, 1.165) is 0 Å². The van der Waals surface area contributed by atoms with Gasteiger partial charge in [0.25, 0.3) is 10.2 Å². The third-order valence-electron chi connectivity index (χ3n) is 2.73. The van der Waals surface area contributed by atoms with E-state index in [1.54, 1.807) is 4.90 Å². The Hall–Kier alpha value is -0.180. The summed E-state index contributed by atoms with van der Waals surface area (Å²) >= 11 is 3.35. The van der Waals surface area contributed by atoms with Crippen LogP contribution in [0.3, 0.4) is 0 Å². The molecular formula is C9H18BrN3O3S. The van der Waals surface area contributed by atoms with Gasteiger partial charge in [0, 0.05) is 26.2 Å². The van der Waals surface area contributed by atoms with Crippen molar-refractivity contribution in [2.24, 2.45) is 11.1 Å². The highest BCUT2D eigenvalue weighted by molar-refractivity contribution is 9.10. The molecule has 8 heteroatoms. The number of rotatable bonds is 3. The molecule has 1 aliphatic rings. The number of nitrogens with zero attached hydrogens (tertiary/aromatic N) is 2. The van der Waals surface area contributed by atoms with E-state index < -0.39 is 10.2 Å². The second-order valence-corrected chi connectivity index (χ2v) is 6.95. The molecule has 0 radical (unpaired) electrons. The van der Waals surface area contributed by atoms with Crippen LogP contribution < -0.4 is 5.14 Å². The molecule has 1 unspecified atom stereocenters. The van der Waals surface area contributed by atoms with Crippen LogP contribution in [0, 0.1) is 5.92 Å². The number of piperazine rings is 1. The highest BCUT2D eigenvalue weighted by Crippen LogP contribution is 2.16. The standard InChI is InChI=1S/C9H18BrN3O3S/c1-7(2)8(10)9(14)12-3-5-13(6-4-12)17(11,15)16/h7-8H,3-6H2,1-2H3,(H2,11,15,16). The molecule has 1 heterocycles. The zero-order valence-corrected chi connectivity index (χ0v) is 12.4. The van der Waals surface area contributed by atoms with Crippen molar-refractivity contribution in [2.45, 2.75) is 18.7 Å². The van der Waals surface area contributed by atoms with Crippen molar-refractivity contribution >= 4 is 32.0 Å². The number of hydrogen-bond donors (Lipinski definition) is 1. The molecule has 1 aliphatic heterocycles. The normalized spacial score (nSPS) is 20.6. The molecule has 2 N–H and O–H groups in total. The quantitative estimate of drug-likeness (QED) is 0.726. The van der Waals surface area contributed by atoms with Gasteiger partial charge in [-0.2, -0.15) is 12.7 Å². The molecule has 0 aromatic carbocycles. The van der Waals surface area contributed by atoms with Gasteiger partial charge >= 0.3 is 0 Å². The fraction of sp³-hybridized carbons (Fsp3) is 0.889. The topological polar surface area (TPSA) is 83.7 Å². The fourth-order valence-corrected chi connectivity index (χ4v) is 2.58. The van der Waals surface area contributed by atoms with Crippen molar-refractivity contribution in [3.63, 3.8) is 0 Å². The Morgan fingerprint density at radius 3 is 2.06 bits per heavy atom. The SMILES string of the molecule is CC(C)C(Br)C(=O)N1CCN(S(N)(=O)=O)CC1.